The number of carbonyl (C=O) groups is 1. The predicted molar refractivity (Wildman–Crippen MR) is 47.0 cm³/mol. The highest BCUT2D eigenvalue weighted by Crippen LogP contribution is 2.49. The van der Waals surface area contributed by atoms with Crippen LogP contribution in [0.25, 0.3) is 0 Å². The number of fused-ring (bicyclic) bond motifs is 2. The lowest BCUT2D eigenvalue weighted by Gasteiger charge is -2.24. The number of hydrogen-bond acceptors (Lipinski definition) is 3. The number of ether oxygens (including phenoxy) is 1. The molecule has 0 aromatic heterocycles. The fourth-order valence-electron chi connectivity index (χ4n) is 2.99. The van der Waals surface area contributed by atoms with E-state index in [4.69, 9.17) is 0 Å². The highest BCUT2D eigenvalue weighted by atomic mass is 16.5. The number of esters is 1. The molecule has 2 aliphatic carbocycles. The summed E-state index contributed by atoms with van der Waals surface area (Å²) in [5.41, 5.74) is 0. The largest absolute Gasteiger partial charge is 0.469 e. The van der Waals surface area contributed by atoms with Gasteiger partial charge in [0.1, 0.15) is 0 Å². The SMILES string of the molecule is COC(=O)CC1CC2CC(O)C1C2. The van der Waals surface area contributed by atoms with Gasteiger partial charge in [0.15, 0.2) is 0 Å². The van der Waals surface area contributed by atoms with Crippen LogP contribution < -0.4 is 0 Å². The van der Waals surface area contributed by atoms with Crippen molar-refractivity contribution in [2.45, 2.75) is 31.8 Å². The van der Waals surface area contributed by atoms with Crippen molar-refractivity contribution in [3.05, 3.63) is 0 Å². The van der Waals surface area contributed by atoms with Crippen LogP contribution in [0.1, 0.15) is 25.7 Å². The number of methoxy groups -OCH3 is 1. The first kappa shape index (κ1) is 9.00. The van der Waals surface area contributed by atoms with E-state index in [9.17, 15) is 9.90 Å². The summed E-state index contributed by atoms with van der Waals surface area (Å²) in [5, 5.41) is 9.62. The zero-order valence-corrected chi connectivity index (χ0v) is 7.90. The topological polar surface area (TPSA) is 46.5 Å². The van der Waals surface area contributed by atoms with Crippen LogP contribution in [0, 0.1) is 17.8 Å². The Morgan fingerprint density at radius 1 is 1.46 bits per heavy atom. The summed E-state index contributed by atoms with van der Waals surface area (Å²) >= 11 is 0. The summed E-state index contributed by atoms with van der Waals surface area (Å²) < 4.78 is 4.63. The van der Waals surface area contributed by atoms with Gasteiger partial charge in [0, 0.05) is 6.42 Å². The maximum Gasteiger partial charge on any atom is 0.305 e. The average molecular weight is 184 g/mol. The molecule has 4 atom stereocenters. The molecule has 1 N–H and O–H groups in total. The molecular formula is C10H16O3. The number of hydrogen-bond donors (Lipinski definition) is 1. The van der Waals surface area contributed by atoms with E-state index in [0.717, 1.165) is 19.3 Å². The summed E-state index contributed by atoms with van der Waals surface area (Å²) in [4.78, 5) is 11.0. The number of aliphatic hydroxyl groups excluding tert-OH is 1. The van der Waals surface area contributed by atoms with Crippen LogP contribution in [0.2, 0.25) is 0 Å². The minimum Gasteiger partial charge on any atom is -0.469 e. The standard InChI is InChI=1S/C10H16O3/c1-13-10(12)5-7-2-6-3-8(7)9(11)4-6/h6-9,11H,2-5H2,1H3. The van der Waals surface area contributed by atoms with Crippen molar-refractivity contribution in [1.82, 2.24) is 0 Å². The lowest BCUT2D eigenvalue weighted by atomic mass is 9.84. The van der Waals surface area contributed by atoms with Gasteiger partial charge in [0.25, 0.3) is 0 Å². The lowest BCUT2D eigenvalue weighted by molar-refractivity contribution is -0.142. The van der Waals surface area contributed by atoms with Crippen molar-refractivity contribution in [3.8, 4) is 0 Å². The van der Waals surface area contributed by atoms with Crippen LogP contribution in [-0.2, 0) is 9.53 Å². The van der Waals surface area contributed by atoms with E-state index in [1.54, 1.807) is 0 Å². The van der Waals surface area contributed by atoms with Crippen molar-refractivity contribution in [1.29, 1.82) is 0 Å². The Hall–Kier alpha value is -0.570. The second kappa shape index (κ2) is 3.29. The molecule has 2 saturated carbocycles. The Morgan fingerprint density at radius 2 is 2.23 bits per heavy atom. The van der Waals surface area contributed by atoms with Gasteiger partial charge in [-0.1, -0.05) is 0 Å². The molecule has 0 amide bonds. The van der Waals surface area contributed by atoms with Gasteiger partial charge in [-0.05, 0) is 37.0 Å². The van der Waals surface area contributed by atoms with Crippen molar-refractivity contribution in [3.63, 3.8) is 0 Å². The van der Waals surface area contributed by atoms with Crippen LogP contribution in [0.15, 0.2) is 0 Å². The smallest absolute Gasteiger partial charge is 0.305 e. The second-order valence-corrected chi connectivity index (χ2v) is 4.34. The molecule has 0 heterocycles. The van der Waals surface area contributed by atoms with E-state index in [0.29, 0.717) is 24.2 Å². The van der Waals surface area contributed by atoms with E-state index in [1.807, 2.05) is 0 Å². The van der Waals surface area contributed by atoms with Crippen LogP contribution in [0.3, 0.4) is 0 Å². The van der Waals surface area contributed by atoms with Crippen LogP contribution in [0.5, 0.6) is 0 Å². The van der Waals surface area contributed by atoms with Gasteiger partial charge in [-0.2, -0.15) is 0 Å². The molecular weight excluding hydrogens is 168 g/mol. The van der Waals surface area contributed by atoms with Crippen molar-refractivity contribution < 1.29 is 14.6 Å². The predicted octanol–water partition coefficient (Wildman–Crippen LogP) is 0.956. The highest BCUT2D eigenvalue weighted by molar-refractivity contribution is 5.69. The number of rotatable bonds is 2. The Bertz CT molecular complexity index is 214. The molecule has 2 fully saturated rings. The molecule has 0 saturated heterocycles. The average Bonchev–Trinajstić information content (AvgIpc) is 2.62. The minimum atomic E-state index is -0.159. The lowest BCUT2D eigenvalue weighted by Crippen LogP contribution is -2.26. The van der Waals surface area contributed by atoms with E-state index < -0.39 is 0 Å². The van der Waals surface area contributed by atoms with E-state index >= 15 is 0 Å². The van der Waals surface area contributed by atoms with E-state index in [1.165, 1.54) is 7.11 Å². The Balaban J connectivity index is 1.92. The molecule has 2 rings (SSSR count). The Labute approximate surface area is 78.1 Å². The normalized spacial score (nSPS) is 42.3. The van der Waals surface area contributed by atoms with Crippen molar-refractivity contribution in [2.75, 3.05) is 7.11 Å². The molecule has 2 aliphatic rings. The number of aliphatic hydroxyl groups is 1. The first-order valence-electron chi connectivity index (χ1n) is 4.95. The summed E-state index contributed by atoms with van der Waals surface area (Å²) in [5.74, 6) is 1.27. The molecule has 0 aliphatic heterocycles. The Kier molecular flexibility index (Phi) is 2.28. The maximum absolute atomic E-state index is 11.0. The Morgan fingerprint density at radius 3 is 2.77 bits per heavy atom. The summed E-state index contributed by atoms with van der Waals surface area (Å²) in [6, 6.07) is 0. The molecule has 0 spiro atoms. The quantitative estimate of drug-likeness (QED) is 0.650. The van der Waals surface area contributed by atoms with Gasteiger partial charge < -0.3 is 9.84 Å². The van der Waals surface area contributed by atoms with Crippen LogP contribution in [0.4, 0.5) is 0 Å². The molecule has 3 nitrogen and oxygen atoms in total. The van der Waals surface area contributed by atoms with Gasteiger partial charge in [-0.3, -0.25) is 4.79 Å². The van der Waals surface area contributed by atoms with Gasteiger partial charge in [0.05, 0.1) is 13.2 Å². The van der Waals surface area contributed by atoms with E-state index in [-0.39, 0.29) is 12.1 Å². The van der Waals surface area contributed by atoms with Gasteiger partial charge in [-0.25, -0.2) is 0 Å². The molecule has 0 aromatic carbocycles. The molecule has 3 heteroatoms. The third kappa shape index (κ3) is 1.57. The summed E-state index contributed by atoms with van der Waals surface area (Å²) in [6.07, 6.45) is 3.50. The molecule has 2 bridgehead atoms. The molecule has 4 unspecified atom stereocenters. The third-order valence-corrected chi connectivity index (χ3v) is 3.57. The zero-order valence-electron chi connectivity index (χ0n) is 7.90. The van der Waals surface area contributed by atoms with Gasteiger partial charge >= 0.3 is 5.97 Å². The van der Waals surface area contributed by atoms with Crippen LogP contribution >= 0.6 is 0 Å². The first-order valence-corrected chi connectivity index (χ1v) is 4.95. The highest BCUT2D eigenvalue weighted by Gasteiger charge is 2.45. The maximum atomic E-state index is 11.0. The van der Waals surface area contributed by atoms with Gasteiger partial charge in [0.2, 0.25) is 0 Å². The molecule has 0 aromatic rings. The number of carbonyl (C=O) groups excluding carboxylic acids is 1. The summed E-state index contributed by atoms with van der Waals surface area (Å²) in [6.45, 7) is 0. The van der Waals surface area contributed by atoms with E-state index in [2.05, 4.69) is 4.74 Å². The molecule has 74 valence electrons. The molecule has 13 heavy (non-hydrogen) atoms. The fourth-order valence-corrected chi connectivity index (χ4v) is 2.99. The third-order valence-electron chi connectivity index (χ3n) is 3.57. The van der Waals surface area contributed by atoms with Gasteiger partial charge in [-0.15, -0.1) is 0 Å². The zero-order chi connectivity index (χ0) is 9.42. The molecule has 0 radical (unpaired) electrons. The fraction of sp³-hybridized carbons (Fsp3) is 0.900. The first-order chi connectivity index (χ1) is 6.20. The van der Waals surface area contributed by atoms with Crippen LogP contribution in [-0.4, -0.2) is 24.3 Å². The monoisotopic (exact) mass is 184 g/mol. The summed E-state index contributed by atoms with van der Waals surface area (Å²) in [7, 11) is 1.42. The second-order valence-electron chi connectivity index (χ2n) is 4.34. The minimum absolute atomic E-state index is 0.134. The van der Waals surface area contributed by atoms with Crippen molar-refractivity contribution in [2.24, 2.45) is 17.8 Å². The van der Waals surface area contributed by atoms with Crippen molar-refractivity contribution >= 4 is 5.97 Å².